The second-order valence-electron chi connectivity index (χ2n) is 6.41. The summed E-state index contributed by atoms with van der Waals surface area (Å²) >= 11 is 1.39. The second-order valence-corrected chi connectivity index (χ2v) is 7.42. The Morgan fingerprint density at radius 2 is 2.11 bits per heavy atom. The minimum absolute atomic E-state index is 0.259. The number of hydrogen-bond acceptors (Lipinski definition) is 6. The Balaban J connectivity index is 2.23. The maximum Gasteiger partial charge on any atom is 0.336 e. The van der Waals surface area contributed by atoms with Crippen LogP contribution in [0.2, 0.25) is 0 Å². The molecule has 0 unspecified atom stereocenters. The van der Waals surface area contributed by atoms with Crippen molar-refractivity contribution in [3.63, 3.8) is 0 Å². The number of fused-ring (bicyclic) bond motifs is 1. The SMILES string of the molecule is C=CCSc1nc2c(c(=O)[nH]1)[C@@H](c1ccccc1C)C(C(=O)OCC)=C(C)N2. The summed E-state index contributed by atoms with van der Waals surface area (Å²) in [6.45, 7) is 9.48. The van der Waals surface area contributed by atoms with E-state index in [-0.39, 0.29) is 12.2 Å². The molecular formula is C21H23N3O3S. The van der Waals surface area contributed by atoms with E-state index < -0.39 is 11.9 Å². The standard InChI is InChI=1S/C21H23N3O3S/c1-5-11-28-21-23-18-17(19(25)24-21)16(14-10-8-7-9-12(14)3)15(13(4)22-18)20(26)27-6-2/h5,7-10,16H,1,6,11H2,2-4H3,(H2,22,23,24,25)/t16-/m0/s1. The topological polar surface area (TPSA) is 84.1 Å². The van der Waals surface area contributed by atoms with E-state index in [2.05, 4.69) is 21.9 Å². The summed E-state index contributed by atoms with van der Waals surface area (Å²) in [5.41, 5.74) is 3.09. The number of allylic oxidation sites excluding steroid dienone is 1. The van der Waals surface area contributed by atoms with Gasteiger partial charge in [-0.05, 0) is 31.9 Å². The van der Waals surface area contributed by atoms with Crippen LogP contribution in [0.25, 0.3) is 0 Å². The average Bonchev–Trinajstić information content (AvgIpc) is 2.65. The van der Waals surface area contributed by atoms with Crippen LogP contribution in [-0.4, -0.2) is 28.3 Å². The van der Waals surface area contributed by atoms with Gasteiger partial charge < -0.3 is 15.0 Å². The van der Waals surface area contributed by atoms with E-state index in [4.69, 9.17) is 4.74 Å². The number of hydrogen-bond donors (Lipinski definition) is 2. The molecule has 1 aromatic heterocycles. The molecule has 0 amide bonds. The molecule has 146 valence electrons. The lowest BCUT2D eigenvalue weighted by molar-refractivity contribution is -0.138. The van der Waals surface area contributed by atoms with Gasteiger partial charge in [0.2, 0.25) is 0 Å². The zero-order valence-electron chi connectivity index (χ0n) is 16.2. The predicted octanol–water partition coefficient (Wildman–Crippen LogP) is 3.75. The Kier molecular flexibility index (Phi) is 6.04. The molecule has 0 fully saturated rings. The molecule has 1 atom stereocenters. The number of aryl methyl sites for hydroxylation is 1. The van der Waals surface area contributed by atoms with Gasteiger partial charge in [-0.25, -0.2) is 9.78 Å². The molecule has 0 spiro atoms. The lowest BCUT2D eigenvalue weighted by Crippen LogP contribution is -2.31. The van der Waals surface area contributed by atoms with Crippen LogP contribution in [0.15, 0.2) is 58.1 Å². The fourth-order valence-electron chi connectivity index (χ4n) is 3.34. The third-order valence-electron chi connectivity index (χ3n) is 4.55. The number of anilines is 1. The first kappa shape index (κ1) is 19.9. The summed E-state index contributed by atoms with van der Waals surface area (Å²) in [6, 6.07) is 7.73. The Morgan fingerprint density at radius 3 is 2.79 bits per heavy atom. The molecule has 0 saturated heterocycles. The molecule has 7 heteroatoms. The van der Waals surface area contributed by atoms with Crippen molar-refractivity contribution < 1.29 is 9.53 Å². The quantitative estimate of drug-likeness (QED) is 0.334. The summed E-state index contributed by atoms with van der Waals surface area (Å²) in [7, 11) is 0. The van der Waals surface area contributed by atoms with Crippen LogP contribution in [0, 0.1) is 6.92 Å². The first-order valence-electron chi connectivity index (χ1n) is 9.06. The number of nitrogens with one attached hydrogen (secondary N) is 2. The van der Waals surface area contributed by atoms with Gasteiger partial charge in [-0.2, -0.15) is 0 Å². The van der Waals surface area contributed by atoms with Crippen LogP contribution in [-0.2, 0) is 9.53 Å². The van der Waals surface area contributed by atoms with E-state index in [1.165, 1.54) is 11.8 Å². The highest BCUT2D eigenvalue weighted by atomic mass is 32.2. The number of thioether (sulfide) groups is 1. The van der Waals surface area contributed by atoms with E-state index >= 15 is 0 Å². The second kappa shape index (κ2) is 8.48. The Hall–Kier alpha value is -2.80. The average molecular weight is 398 g/mol. The summed E-state index contributed by atoms with van der Waals surface area (Å²) in [6.07, 6.45) is 1.75. The van der Waals surface area contributed by atoms with Gasteiger partial charge in [0.15, 0.2) is 5.16 Å². The minimum atomic E-state index is -0.550. The summed E-state index contributed by atoms with van der Waals surface area (Å²) in [5, 5.41) is 3.64. The molecular weight excluding hydrogens is 374 g/mol. The van der Waals surface area contributed by atoms with Gasteiger partial charge in [-0.3, -0.25) is 4.79 Å². The maximum atomic E-state index is 13.0. The van der Waals surface area contributed by atoms with Gasteiger partial charge in [0.25, 0.3) is 5.56 Å². The zero-order valence-corrected chi connectivity index (χ0v) is 17.0. The van der Waals surface area contributed by atoms with Gasteiger partial charge in [-0.1, -0.05) is 42.1 Å². The number of aromatic amines is 1. The van der Waals surface area contributed by atoms with Crippen molar-refractivity contribution in [2.45, 2.75) is 31.8 Å². The molecule has 0 saturated carbocycles. The van der Waals surface area contributed by atoms with Crippen molar-refractivity contribution in [1.82, 2.24) is 9.97 Å². The molecule has 6 nitrogen and oxygen atoms in total. The van der Waals surface area contributed by atoms with Crippen LogP contribution in [0.3, 0.4) is 0 Å². The van der Waals surface area contributed by atoms with E-state index in [1.54, 1.807) is 19.9 Å². The number of benzene rings is 1. The maximum absolute atomic E-state index is 13.0. The van der Waals surface area contributed by atoms with Crippen LogP contribution in [0.5, 0.6) is 0 Å². The van der Waals surface area contributed by atoms with Crippen molar-refractivity contribution >= 4 is 23.5 Å². The molecule has 3 rings (SSSR count). The molecule has 0 bridgehead atoms. The Bertz CT molecular complexity index is 1010. The van der Waals surface area contributed by atoms with E-state index in [0.29, 0.717) is 33.6 Å². The zero-order chi connectivity index (χ0) is 20.3. The highest BCUT2D eigenvalue weighted by Crippen LogP contribution is 2.41. The lowest BCUT2D eigenvalue weighted by Gasteiger charge is -2.29. The van der Waals surface area contributed by atoms with Gasteiger partial charge in [0, 0.05) is 11.4 Å². The first-order valence-corrected chi connectivity index (χ1v) is 10.0. The fraction of sp³-hybridized carbons (Fsp3) is 0.286. The lowest BCUT2D eigenvalue weighted by atomic mass is 9.80. The Morgan fingerprint density at radius 1 is 1.36 bits per heavy atom. The molecule has 1 aromatic carbocycles. The normalized spacial score (nSPS) is 15.6. The fourth-order valence-corrected chi connectivity index (χ4v) is 3.93. The number of rotatable bonds is 6. The number of carbonyl (C=O) groups is 1. The monoisotopic (exact) mass is 397 g/mol. The number of esters is 1. The third-order valence-corrected chi connectivity index (χ3v) is 5.42. The van der Waals surface area contributed by atoms with Crippen molar-refractivity contribution in [1.29, 1.82) is 0 Å². The first-order chi connectivity index (χ1) is 13.5. The van der Waals surface area contributed by atoms with Crippen LogP contribution < -0.4 is 10.9 Å². The van der Waals surface area contributed by atoms with Gasteiger partial charge >= 0.3 is 5.97 Å². The van der Waals surface area contributed by atoms with Crippen molar-refractivity contribution in [2.75, 3.05) is 17.7 Å². The summed E-state index contributed by atoms with van der Waals surface area (Å²) < 4.78 is 5.29. The van der Waals surface area contributed by atoms with Crippen LogP contribution >= 0.6 is 11.8 Å². The van der Waals surface area contributed by atoms with Crippen molar-refractivity contribution in [3.8, 4) is 0 Å². The number of H-pyrrole nitrogens is 1. The number of ether oxygens (including phenoxy) is 1. The largest absolute Gasteiger partial charge is 0.463 e. The highest BCUT2D eigenvalue weighted by molar-refractivity contribution is 7.99. The summed E-state index contributed by atoms with van der Waals surface area (Å²) in [5.74, 6) is 0.113. The van der Waals surface area contributed by atoms with Gasteiger partial charge in [0.1, 0.15) is 5.82 Å². The molecule has 0 radical (unpaired) electrons. The van der Waals surface area contributed by atoms with Crippen molar-refractivity contribution in [2.24, 2.45) is 0 Å². The molecule has 2 N–H and O–H groups in total. The van der Waals surface area contributed by atoms with Gasteiger partial charge in [0.05, 0.1) is 23.7 Å². The Labute approximate surface area is 168 Å². The van der Waals surface area contributed by atoms with Crippen LogP contribution in [0.1, 0.15) is 36.5 Å². The van der Waals surface area contributed by atoms with E-state index in [0.717, 1.165) is 11.1 Å². The smallest absolute Gasteiger partial charge is 0.336 e. The van der Waals surface area contributed by atoms with E-state index in [9.17, 15) is 9.59 Å². The molecule has 28 heavy (non-hydrogen) atoms. The third kappa shape index (κ3) is 3.75. The molecule has 2 heterocycles. The molecule has 2 aromatic rings. The highest BCUT2D eigenvalue weighted by Gasteiger charge is 2.36. The minimum Gasteiger partial charge on any atom is -0.463 e. The molecule has 1 aliphatic heterocycles. The number of aromatic nitrogens is 2. The molecule has 0 aliphatic carbocycles. The number of carbonyl (C=O) groups excluding carboxylic acids is 1. The number of nitrogens with zero attached hydrogens (tertiary/aromatic N) is 1. The molecule has 1 aliphatic rings. The van der Waals surface area contributed by atoms with E-state index in [1.807, 2.05) is 31.2 Å². The van der Waals surface area contributed by atoms with Crippen LogP contribution in [0.4, 0.5) is 5.82 Å². The van der Waals surface area contributed by atoms with Crippen molar-refractivity contribution in [3.05, 3.63) is 75.2 Å². The predicted molar refractivity (Wildman–Crippen MR) is 112 cm³/mol. The van der Waals surface area contributed by atoms with Gasteiger partial charge in [-0.15, -0.1) is 6.58 Å². The summed E-state index contributed by atoms with van der Waals surface area (Å²) in [4.78, 5) is 33.2.